The molecule has 2 aromatic carbocycles. The van der Waals surface area contributed by atoms with Crippen LogP contribution in [0.3, 0.4) is 0 Å². The number of fused-ring (bicyclic) bond motifs is 2. The molecule has 0 fully saturated rings. The van der Waals surface area contributed by atoms with Crippen LogP contribution in [-0.4, -0.2) is 59.8 Å². The number of carboxylic acid groups (broad SMARTS) is 2. The van der Waals surface area contributed by atoms with E-state index in [0.717, 1.165) is 72.1 Å². The van der Waals surface area contributed by atoms with Crippen molar-refractivity contribution in [1.82, 2.24) is 25.3 Å². The summed E-state index contributed by atoms with van der Waals surface area (Å²) in [4.78, 5) is 40.5. The molecule has 6 aromatic rings. The van der Waals surface area contributed by atoms with E-state index in [9.17, 15) is 14.7 Å². The molecular weight excluding hydrogens is 644 g/mol. The molecule has 260 valence electrons. The quantitative estimate of drug-likeness (QED) is 0.0797. The first-order valence-electron chi connectivity index (χ1n) is 16.9. The number of anilines is 2. The van der Waals surface area contributed by atoms with Crippen LogP contribution in [0.4, 0.5) is 11.5 Å². The Kier molecular flexibility index (Phi) is 10.9. The van der Waals surface area contributed by atoms with Crippen LogP contribution >= 0.6 is 0 Å². The van der Waals surface area contributed by atoms with E-state index in [-0.39, 0.29) is 19.4 Å². The van der Waals surface area contributed by atoms with Crippen molar-refractivity contribution in [2.45, 2.75) is 58.6 Å². The van der Waals surface area contributed by atoms with E-state index in [0.29, 0.717) is 31.6 Å². The minimum atomic E-state index is -1.03. The Morgan fingerprint density at radius 1 is 0.784 bits per heavy atom. The largest absolute Gasteiger partial charge is 0.481 e. The molecule has 0 bridgehead atoms. The van der Waals surface area contributed by atoms with Crippen molar-refractivity contribution < 1.29 is 24.9 Å². The predicted molar refractivity (Wildman–Crippen MR) is 197 cm³/mol. The summed E-state index contributed by atoms with van der Waals surface area (Å²) >= 11 is 0. The molecule has 11 heteroatoms. The Labute approximate surface area is 295 Å². The summed E-state index contributed by atoms with van der Waals surface area (Å²) < 4.78 is 0. The van der Waals surface area contributed by atoms with Crippen molar-refractivity contribution >= 4 is 45.2 Å². The Bertz CT molecular complexity index is 2220. The third kappa shape index (κ3) is 8.51. The number of benzene rings is 2. The number of hydrogen-bond acceptors (Lipinski definition) is 9. The van der Waals surface area contributed by atoms with Gasteiger partial charge in [0.05, 0.1) is 23.7 Å². The molecule has 0 aliphatic rings. The number of aliphatic hydroxyl groups is 1. The van der Waals surface area contributed by atoms with Crippen LogP contribution in [-0.2, 0) is 29.0 Å². The smallest absolute Gasteiger partial charge is 0.306 e. The van der Waals surface area contributed by atoms with Gasteiger partial charge in [-0.2, -0.15) is 0 Å². The van der Waals surface area contributed by atoms with E-state index >= 15 is 0 Å². The Hall–Kier alpha value is -5.78. The van der Waals surface area contributed by atoms with E-state index in [1.54, 1.807) is 24.8 Å². The third-order valence-electron chi connectivity index (χ3n) is 9.04. The number of aryl methyl sites for hydroxylation is 1. The molecule has 0 saturated heterocycles. The van der Waals surface area contributed by atoms with Gasteiger partial charge in [-0.1, -0.05) is 30.3 Å². The van der Waals surface area contributed by atoms with Gasteiger partial charge in [0.15, 0.2) is 5.82 Å². The van der Waals surface area contributed by atoms with Gasteiger partial charge in [-0.25, -0.2) is 4.98 Å². The minimum Gasteiger partial charge on any atom is -0.481 e. The fraction of sp³-hybridized carbons (Fsp3) is 0.250. The zero-order valence-corrected chi connectivity index (χ0v) is 28.6. The summed E-state index contributed by atoms with van der Waals surface area (Å²) in [5, 5.41) is 36.2. The zero-order chi connectivity index (χ0) is 35.9. The number of aromatic nitrogens is 4. The highest BCUT2D eigenvalue weighted by atomic mass is 16.4. The molecule has 11 nitrogen and oxygen atoms in total. The molecule has 6 rings (SSSR count). The summed E-state index contributed by atoms with van der Waals surface area (Å²) in [6, 6.07) is 20.5. The van der Waals surface area contributed by atoms with Crippen LogP contribution in [0.2, 0.25) is 0 Å². The normalized spacial score (nSPS) is 11.9. The number of pyridine rings is 4. The molecule has 0 spiro atoms. The first-order valence-corrected chi connectivity index (χ1v) is 16.9. The highest BCUT2D eigenvalue weighted by Crippen LogP contribution is 2.35. The number of aliphatic carboxylic acids is 2. The first kappa shape index (κ1) is 35.1. The minimum absolute atomic E-state index is 0.129. The van der Waals surface area contributed by atoms with Gasteiger partial charge in [-0.15, -0.1) is 0 Å². The van der Waals surface area contributed by atoms with Crippen molar-refractivity contribution in [3.63, 3.8) is 0 Å². The first-order chi connectivity index (χ1) is 24.7. The van der Waals surface area contributed by atoms with E-state index in [1.807, 2.05) is 36.4 Å². The van der Waals surface area contributed by atoms with Crippen molar-refractivity contribution in [2.75, 3.05) is 11.9 Å². The van der Waals surface area contributed by atoms with E-state index in [1.165, 1.54) is 0 Å². The number of nitrogens with zero attached hydrogens (tertiary/aromatic N) is 4. The van der Waals surface area contributed by atoms with Crippen molar-refractivity contribution in [3.8, 4) is 11.1 Å². The predicted octanol–water partition coefficient (Wildman–Crippen LogP) is 6.52. The molecule has 0 aliphatic carbocycles. The summed E-state index contributed by atoms with van der Waals surface area (Å²) in [6.45, 7) is 4.86. The maximum atomic E-state index is 10.9. The molecular formula is C40H40N6O5. The highest BCUT2D eigenvalue weighted by molar-refractivity contribution is 5.91. The van der Waals surface area contributed by atoms with Crippen LogP contribution in [0.1, 0.15) is 52.8 Å². The number of rotatable bonds is 15. The third-order valence-corrected chi connectivity index (χ3v) is 9.04. The summed E-state index contributed by atoms with van der Waals surface area (Å²) in [5.41, 5.74) is 10.9. The summed E-state index contributed by atoms with van der Waals surface area (Å²) in [7, 11) is 0. The van der Waals surface area contributed by atoms with Crippen LogP contribution < -0.4 is 10.6 Å². The highest BCUT2D eigenvalue weighted by Gasteiger charge is 2.15. The second kappa shape index (κ2) is 15.8. The van der Waals surface area contributed by atoms with E-state index in [4.69, 9.17) is 25.2 Å². The Balaban J connectivity index is 1.20. The molecule has 0 saturated carbocycles. The molecule has 0 radical (unpaired) electrons. The topological polar surface area (TPSA) is 170 Å². The van der Waals surface area contributed by atoms with Gasteiger partial charge in [0, 0.05) is 67.2 Å². The number of hydrogen-bond donors (Lipinski definition) is 5. The fourth-order valence-electron chi connectivity index (χ4n) is 6.36. The molecule has 4 heterocycles. The van der Waals surface area contributed by atoms with Crippen molar-refractivity contribution in [3.05, 3.63) is 119 Å². The maximum Gasteiger partial charge on any atom is 0.306 e. The number of carboxylic acids is 2. The van der Waals surface area contributed by atoms with Gasteiger partial charge in [-0.3, -0.25) is 24.5 Å². The summed E-state index contributed by atoms with van der Waals surface area (Å²) in [5.74, 6) is -1.18. The van der Waals surface area contributed by atoms with Crippen LogP contribution in [0.15, 0.2) is 85.5 Å². The Morgan fingerprint density at radius 3 is 2.25 bits per heavy atom. The van der Waals surface area contributed by atoms with Gasteiger partial charge in [0.25, 0.3) is 0 Å². The lowest BCUT2D eigenvalue weighted by Gasteiger charge is -2.17. The average molecular weight is 685 g/mol. The van der Waals surface area contributed by atoms with Gasteiger partial charge in [0.1, 0.15) is 5.52 Å². The molecule has 0 unspecified atom stereocenters. The monoisotopic (exact) mass is 684 g/mol. The average Bonchev–Trinajstić information content (AvgIpc) is 3.10. The zero-order valence-electron chi connectivity index (χ0n) is 28.6. The lowest BCUT2D eigenvalue weighted by Crippen LogP contribution is -2.28. The van der Waals surface area contributed by atoms with Crippen molar-refractivity contribution in [1.29, 1.82) is 0 Å². The molecule has 51 heavy (non-hydrogen) atoms. The second-order valence-electron chi connectivity index (χ2n) is 12.7. The van der Waals surface area contributed by atoms with E-state index in [2.05, 4.69) is 53.7 Å². The molecule has 0 aliphatic heterocycles. The van der Waals surface area contributed by atoms with Gasteiger partial charge in [-0.05, 0) is 96.0 Å². The maximum absolute atomic E-state index is 10.9. The lowest BCUT2D eigenvalue weighted by molar-refractivity contribution is -0.139. The second-order valence-corrected chi connectivity index (χ2v) is 12.7. The van der Waals surface area contributed by atoms with Crippen LogP contribution in [0, 0.1) is 13.8 Å². The standard InChI is InChI=1S/C40H40N6O5/c1-24-28(18-35-38-29(12-14-42-35)17-27(22-44-38)20-41-23-31(47)19-37(50)51)7-4-8-32(24)33-9-5-10-34(25(33)2)46-40-39-30(13-15-43-40)16-26(21-45-39)6-3-11-36(48)49/h4-5,7-10,12-17,21-22,31,41,47H,3,6,11,18-20,23H2,1-2H3,(H,43,46)(H,48,49)(H,50,51)/t31-/m0/s1. The molecule has 5 N–H and O–H groups in total. The fourth-order valence-corrected chi connectivity index (χ4v) is 6.36. The van der Waals surface area contributed by atoms with Gasteiger partial charge < -0.3 is 26.0 Å². The SMILES string of the molecule is Cc1c(Cc2nccc3cc(CNC[C@@H](O)CC(=O)O)cnc23)cccc1-c1cccc(Nc2nccc3cc(CCCC(=O)O)cnc23)c1C. The van der Waals surface area contributed by atoms with Gasteiger partial charge >= 0.3 is 11.9 Å². The molecule has 4 aromatic heterocycles. The summed E-state index contributed by atoms with van der Waals surface area (Å²) in [6.07, 6.45) is 7.82. The Morgan fingerprint density at radius 2 is 1.47 bits per heavy atom. The number of aliphatic hydroxyl groups excluding tert-OH is 1. The van der Waals surface area contributed by atoms with Gasteiger partial charge in [0.2, 0.25) is 0 Å². The lowest BCUT2D eigenvalue weighted by atomic mass is 9.91. The van der Waals surface area contributed by atoms with E-state index < -0.39 is 18.0 Å². The van der Waals surface area contributed by atoms with Crippen molar-refractivity contribution in [2.24, 2.45) is 0 Å². The number of nitrogens with one attached hydrogen (secondary N) is 2. The van der Waals surface area contributed by atoms with Crippen LogP contribution in [0.5, 0.6) is 0 Å². The van der Waals surface area contributed by atoms with Crippen LogP contribution in [0.25, 0.3) is 32.9 Å². The molecule has 0 amide bonds. The number of carbonyl (C=O) groups is 2. The molecule has 1 atom stereocenters.